The first-order chi connectivity index (χ1) is 9.64. The van der Waals surface area contributed by atoms with Crippen molar-refractivity contribution in [2.45, 2.75) is 6.18 Å². The maximum atomic E-state index is 12.4. The van der Waals surface area contributed by atoms with Gasteiger partial charge in [-0.3, -0.25) is 14.9 Å². The fraction of sp³-hybridized carbons (Fsp3) is 0.273. The van der Waals surface area contributed by atoms with Crippen LogP contribution in [0.3, 0.4) is 0 Å². The number of rotatable bonds is 5. The van der Waals surface area contributed by atoms with E-state index < -0.39 is 41.4 Å². The summed E-state index contributed by atoms with van der Waals surface area (Å²) in [5.74, 6) is -1.50. The molecule has 10 heteroatoms. The van der Waals surface area contributed by atoms with Gasteiger partial charge in [0, 0.05) is 11.8 Å². The van der Waals surface area contributed by atoms with E-state index in [0.29, 0.717) is 4.90 Å². The van der Waals surface area contributed by atoms with Crippen molar-refractivity contribution in [2.24, 2.45) is 0 Å². The van der Waals surface area contributed by atoms with Crippen molar-refractivity contribution in [3.05, 3.63) is 33.9 Å². The number of carbonyl (C=O) groups is 1. The molecule has 0 atom stereocenters. The van der Waals surface area contributed by atoms with Crippen LogP contribution in [-0.2, 0) is 4.79 Å². The van der Waals surface area contributed by atoms with Crippen LogP contribution in [0.2, 0.25) is 0 Å². The van der Waals surface area contributed by atoms with Gasteiger partial charge in [0.1, 0.15) is 24.7 Å². The van der Waals surface area contributed by atoms with Crippen molar-refractivity contribution in [2.75, 3.05) is 18.0 Å². The molecule has 112 valence electrons. The molecule has 0 fully saturated rings. The molecule has 0 spiro atoms. The highest BCUT2D eigenvalue weighted by Crippen LogP contribution is 2.27. The lowest BCUT2D eigenvalue weighted by Gasteiger charge is -2.24. The molecule has 0 aliphatic carbocycles. The van der Waals surface area contributed by atoms with E-state index in [9.17, 15) is 28.1 Å². The van der Waals surface area contributed by atoms with Crippen molar-refractivity contribution in [1.29, 1.82) is 5.26 Å². The molecular formula is C11H8F3N3O4. The number of nitro benzene ring substituents is 1. The number of nitriles is 1. The number of hydrogen-bond acceptors (Lipinski definition) is 5. The Balaban J connectivity index is 3.22. The number of halogens is 3. The summed E-state index contributed by atoms with van der Waals surface area (Å²) in [4.78, 5) is 20.9. The first-order valence-electron chi connectivity index (χ1n) is 5.36. The molecule has 0 amide bonds. The van der Waals surface area contributed by atoms with Crippen LogP contribution in [0, 0.1) is 21.4 Å². The lowest BCUT2D eigenvalue weighted by molar-refractivity contribution is -0.385. The highest BCUT2D eigenvalue weighted by Gasteiger charge is 2.32. The van der Waals surface area contributed by atoms with Crippen LogP contribution in [0.5, 0.6) is 0 Å². The lowest BCUT2D eigenvalue weighted by atomic mass is 10.1. The average Bonchev–Trinajstić information content (AvgIpc) is 2.34. The second kappa shape index (κ2) is 6.08. The number of carboxylic acids is 1. The number of nitrogens with zero attached hydrogens (tertiary/aromatic N) is 3. The first-order valence-corrected chi connectivity index (χ1v) is 5.36. The molecule has 1 aromatic rings. The minimum Gasteiger partial charge on any atom is -0.480 e. The van der Waals surface area contributed by atoms with Gasteiger partial charge in [0.25, 0.3) is 5.69 Å². The molecule has 0 heterocycles. The van der Waals surface area contributed by atoms with Crippen LogP contribution in [0.1, 0.15) is 5.56 Å². The highest BCUT2D eigenvalue weighted by atomic mass is 19.4. The zero-order valence-corrected chi connectivity index (χ0v) is 10.3. The largest absolute Gasteiger partial charge is 0.480 e. The number of alkyl halides is 3. The summed E-state index contributed by atoms with van der Waals surface area (Å²) in [7, 11) is 0. The van der Waals surface area contributed by atoms with Gasteiger partial charge < -0.3 is 10.0 Å². The summed E-state index contributed by atoms with van der Waals surface area (Å²) in [5, 5.41) is 28.0. The molecule has 0 unspecified atom stereocenters. The Bertz CT molecular complexity index is 610. The molecular weight excluding hydrogens is 295 g/mol. The highest BCUT2D eigenvalue weighted by molar-refractivity contribution is 5.74. The molecule has 0 aliphatic rings. The number of hydrogen-bond donors (Lipinski definition) is 1. The Morgan fingerprint density at radius 3 is 2.52 bits per heavy atom. The van der Waals surface area contributed by atoms with Crippen LogP contribution in [-0.4, -0.2) is 35.3 Å². The molecule has 1 rings (SSSR count). The molecule has 0 saturated heterocycles. The SMILES string of the molecule is N#Cc1cc(N(CC(=O)O)CC(F)(F)F)ccc1[N+](=O)[O-]. The Kier molecular flexibility index (Phi) is 4.70. The van der Waals surface area contributed by atoms with Crippen LogP contribution in [0.15, 0.2) is 18.2 Å². The molecule has 0 aliphatic heterocycles. The van der Waals surface area contributed by atoms with E-state index in [0.717, 1.165) is 18.2 Å². The monoisotopic (exact) mass is 303 g/mol. The topological polar surface area (TPSA) is 107 Å². The van der Waals surface area contributed by atoms with E-state index in [1.54, 1.807) is 0 Å². The van der Waals surface area contributed by atoms with E-state index >= 15 is 0 Å². The summed E-state index contributed by atoms with van der Waals surface area (Å²) >= 11 is 0. The fourth-order valence-electron chi connectivity index (χ4n) is 1.59. The van der Waals surface area contributed by atoms with Crippen LogP contribution in [0.25, 0.3) is 0 Å². The van der Waals surface area contributed by atoms with Gasteiger partial charge in [0.05, 0.1) is 4.92 Å². The smallest absolute Gasteiger partial charge is 0.405 e. The Morgan fingerprint density at radius 2 is 2.10 bits per heavy atom. The normalized spacial score (nSPS) is 10.8. The van der Waals surface area contributed by atoms with Gasteiger partial charge in [-0.25, -0.2) is 0 Å². The molecule has 0 saturated carbocycles. The minimum absolute atomic E-state index is 0.239. The zero-order chi connectivity index (χ0) is 16.2. The van der Waals surface area contributed by atoms with Crippen molar-refractivity contribution >= 4 is 17.3 Å². The third kappa shape index (κ3) is 4.64. The van der Waals surface area contributed by atoms with Crippen LogP contribution < -0.4 is 4.90 Å². The third-order valence-corrected chi connectivity index (χ3v) is 2.36. The third-order valence-electron chi connectivity index (χ3n) is 2.36. The number of carboxylic acid groups (broad SMARTS) is 1. The van der Waals surface area contributed by atoms with Gasteiger partial charge in [0.2, 0.25) is 0 Å². The summed E-state index contributed by atoms with van der Waals surface area (Å²) in [5.41, 5.74) is -1.25. The summed E-state index contributed by atoms with van der Waals surface area (Å²) in [6.07, 6.45) is -4.66. The molecule has 0 bridgehead atoms. The number of benzene rings is 1. The number of aliphatic carboxylic acids is 1. The van der Waals surface area contributed by atoms with Gasteiger partial charge in [-0.2, -0.15) is 18.4 Å². The Morgan fingerprint density at radius 1 is 1.48 bits per heavy atom. The summed E-state index contributed by atoms with van der Waals surface area (Å²) in [6.45, 7) is -2.51. The predicted molar refractivity (Wildman–Crippen MR) is 63.7 cm³/mol. The van der Waals surface area contributed by atoms with Gasteiger partial charge >= 0.3 is 12.1 Å². The van der Waals surface area contributed by atoms with E-state index in [1.807, 2.05) is 0 Å². The first kappa shape index (κ1) is 16.2. The van der Waals surface area contributed by atoms with E-state index in [4.69, 9.17) is 10.4 Å². The number of anilines is 1. The molecule has 0 radical (unpaired) electrons. The van der Waals surface area contributed by atoms with Crippen LogP contribution >= 0.6 is 0 Å². The van der Waals surface area contributed by atoms with Gasteiger partial charge in [-0.05, 0) is 12.1 Å². The fourth-order valence-corrected chi connectivity index (χ4v) is 1.59. The van der Waals surface area contributed by atoms with Gasteiger partial charge in [-0.1, -0.05) is 0 Å². The Hall–Kier alpha value is -2.83. The lowest BCUT2D eigenvalue weighted by Crippen LogP contribution is -2.38. The van der Waals surface area contributed by atoms with Crippen LogP contribution in [0.4, 0.5) is 24.5 Å². The van der Waals surface area contributed by atoms with Gasteiger partial charge in [0.15, 0.2) is 0 Å². The van der Waals surface area contributed by atoms with Crippen molar-refractivity contribution in [3.63, 3.8) is 0 Å². The quantitative estimate of drug-likeness (QED) is 0.657. The summed E-state index contributed by atoms with van der Waals surface area (Å²) in [6, 6.07) is 4.17. The standard InChI is InChI=1S/C11H8F3N3O4/c12-11(13,14)6-16(5-10(18)19)8-1-2-9(17(20)21)7(3-8)4-15/h1-3H,5-6H2,(H,18,19). The predicted octanol–water partition coefficient (Wildman–Crippen LogP) is 1.92. The number of nitro groups is 1. The van der Waals surface area contributed by atoms with Crippen molar-refractivity contribution in [1.82, 2.24) is 0 Å². The summed E-state index contributed by atoms with van der Waals surface area (Å²) < 4.78 is 37.3. The average molecular weight is 303 g/mol. The molecule has 21 heavy (non-hydrogen) atoms. The van der Waals surface area contributed by atoms with E-state index in [-0.39, 0.29) is 5.69 Å². The maximum Gasteiger partial charge on any atom is 0.405 e. The second-order valence-electron chi connectivity index (χ2n) is 3.94. The second-order valence-corrected chi connectivity index (χ2v) is 3.94. The van der Waals surface area contributed by atoms with Gasteiger partial charge in [-0.15, -0.1) is 0 Å². The van der Waals surface area contributed by atoms with Crippen molar-refractivity contribution < 1.29 is 28.0 Å². The zero-order valence-electron chi connectivity index (χ0n) is 10.3. The molecule has 7 nitrogen and oxygen atoms in total. The molecule has 0 aromatic heterocycles. The van der Waals surface area contributed by atoms with E-state index in [1.165, 1.54) is 6.07 Å². The molecule has 1 N–H and O–H groups in total. The van der Waals surface area contributed by atoms with Crippen molar-refractivity contribution in [3.8, 4) is 6.07 Å². The van der Waals surface area contributed by atoms with E-state index in [2.05, 4.69) is 0 Å². The molecule has 1 aromatic carbocycles. The maximum absolute atomic E-state index is 12.4. The minimum atomic E-state index is -4.66. The Labute approximate surface area is 116 Å².